The average molecular weight is 374 g/mol. The van der Waals surface area contributed by atoms with Gasteiger partial charge in [0.05, 0.1) is 17.6 Å². The summed E-state index contributed by atoms with van der Waals surface area (Å²) in [6.07, 6.45) is -0.378. The largest absolute Gasteiger partial charge is 0.360 e. The summed E-state index contributed by atoms with van der Waals surface area (Å²) in [4.78, 5) is 16.1. The molecule has 1 amide bonds. The van der Waals surface area contributed by atoms with Crippen LogP contribution in [0.3, 0.4) is 0 Å². The summed E-state index contributed by atoms with van der Waals surface area (Å²) in [6.45, 7) is 2.32. The van der Waals surface area contributed by atoms with Crippen molar-refractivity contribution in [2.45, 2.75) is 18.4 Å². The fourth-order valence-corrected chi connectivity index (χ4v) is 3.49. The molecule has 0 spiro atoms. The maximum atomic E-state index is 13.1. The smallest absolute Gasteiger partial charge is 0.262 e. The predicted molar refractivity (Wildman–Crippen MR) is 89.0 cm³/mol. The van der Waals surface area contributed by atoms with Crippen LogP contribution in [0.2, 0.25) is 0 Å². The molecular weight excluding hydrogens is 355 g/mol. The monoisotopic (exact) mass is 373 g/mol. The van der Waals surface area contributed by atoms with Crippen molar-refractivity contribution in [2.75, 3.05) is 37.6 Å². The van der Waals surface area contributed by atoms with E-state index in [1.807, 2.05) is 11.4 Å². The molecule has 126 valence electrons. The number of hydrogen-bond acceptors (Lipinski definition) is 4. The summed E-state index contributed by atoms with van der Waals surface area (Å²) in [7, 11) is 0. The summed E-state index contributed by atoms with van der Waals surface area (Å²) in [6, 6.07) is 3.34. The van der Waals surface area contributed by atoms with Gasteiger partial charge >= 0.3 is 0 Å². The molecule has 2 aliphatic rings. The molecule has 22 heavy (non-hydrogen) atoms. The third-order valence-electron chi connectivity index (χ3n) is 3.82. The van der Waals surface area contributed by atoms with Gasteiger partial charge in [0.2, 0.25) is 5.91 Å². The van der Waals surface area contributed by atoms with Crippen LogP contribution in [0, 0.1) is 0 Å². The maximum absolute atomic E-state index is 13.1. The normalized spacial score (nSPS) is 23.6. The van der Waals surface area contributed by atoms with Gasteiger partial charge in [-0.15, -0.1) is 36.2 Å². The van der Waals surface area contributed by atoms with Crippen molar-refractivity contribution in [3.63, 3.8) is 0 Å². The first-order valence-electron chi connectivity index (χ1n) is 6.74. The maximum Gasteiger partial charge on any atom is 0.262 e. The Hall–Kier alpha value is -0.630. The molecule has 1 N–H and O–H groups in total. The second kappa shape index (κ2) is 7.77. The van der Waals surface area contributed by atoms with Gasteiger partial charge in [0, 0.05) is 32.6 Å². The molecule has 2 fully saturated rings. The first-order chi connectivity index (χ1) is 9.55. The van der Waals surface area contributed by atoms with E-state index >= 15 is 0 Å². The summed E-state index contributed by atoms with van der Waals surface area (Å²) < 4.78 is 26.3. The number of rotatable bonds is 2. The number of nitrogens with zero attached hydrogens (tertiary/aromatic N) is 2. The molecule has 1 aromatic rings. The third kappa shape index (κ3) is 4.22. The third-order valence-corrected chi connectivity index (χ3v) is 4.75. The van der Waals surface area contributed by atoms with Crippen molar-refractivity contribution in [2.24, 2.45) is 0 Å². The summed E-state index contributed by atoms with van der Waals surface area (Å²) in [5.74, 6) is -2.94. The van der Waals surface area contributed by atoms with E-state index < -0.39 is 18.5 Å². The van der Waals surface area contributed by atoms with E-state index in [0.717, 1.165) is 13.1 Å². The van der Waals surface area contributed by atoms with Crippen molar-refractivity contribution < 1.29 is 13.6 Å². The molecule has 0 radical (unpaired) electrons. The van der Waals surface area contributed by atoms with E-state index in [1.54, 1.807) is 16.2 Å². The number of carbonyl (C=O) groups is 1. The minimum Gasteiger partial charge on any atom is -0.360 e. The van der Waals surface area contributed by atoms with Gasteiger partial charge in [-0.2, -0.15) is 0 Å². The van der Waals surface area contributed by atoms with Gasteiger partial charge in [0.25, 0.3) is 5.92 Å². The number of carbonyl (C=O) groups excluding carboxylic acids is 1. The van der Waals surface area contributed by atoms with E-state index in [0.29, 0.717) is 13.1 Å². The Morgan fingerprint density at radius 3 is 2.45 bits per heavy atom. The molecule has 0 aromatic carbocycles. The number of anilines is 1. The van der Waals surface area contributed by atoms with Gasteiger partial charge in [-0.1, -0.05) is 0 Å². The zero-order valence-corrected chi connectivity index (χ0v) is 14.3. The van der Waals surface area contributed by atoms with Gasteiger partial charge in [-0.05, 0) is 17.5 Å². The lowest BCUT2D eigenvalue weighted by molar-refractivity contribution is -0.134. The minimum absolute atomic E-state index is 0. The van der Waals surface area contributed by atoms with Crippen LogP contribution in [0.4, 0.5) is 13.8 Å². The highest BCUT2D eigenvalue weighted by Crippen LogP contribution is 2.27. The summed E-state index contributed by atoms with van der Waals surface area (Å²) in [5, 5.41) is 5.85. The highest BCUT2D eigenvalue weighted by molar-refractivity contribution is 7.14. The van der Waals surface area contributed by atoms with Gasteiger partial charge in [0.1, 0.15) is 0 Å². The van der Waals surface area contributed by atoms with Gasteiger partial charge in [-0.25, -0.2) is 8.78 Å². The molecule has 3 heterocycles. The van der Waals surface area contributed by atoms with Crippen LogP contribution in [0.1, 0.15) is 6.42 Å². The number of nitrogens with one attached hydrogen (secondary N) is 1. The van der Waals surface area contributed by atoms with Gasteiger partial charge in [-0.3, -0.25) is 10.1 Å². The molecule has 9 heteroatoms. The fraction of sp³-hybridized carbons (Fsp3) is 0.615. The van der Waals surface area contributed by atoms with Crippen LogP contribution in [-0.4, -0.2) is 55.5 Å². The topological polar surface area (TPSA) is 35.6 Å². The first-order valence-corrected chi connectivity index (χ1v) is 7.62. The quantitative estimate of drug-likeness (QED) is 0.863. The SMILES string of the molecule is Cl.Cl.O=C(C1CC(F)(F)CN1)N1CCN(c2cccs2)CC1. The molecule has 2 saturated heterocycles. The highest BCUT2D eigenvalue weighted by Gasteiger charge is 2.43. The number of piperazine rings is 1. The molecule has 3 rings (SSSR count). The lowest BCUT2D eigenvalue weighted by Gasteiger charge is -2.36. The molecule has 0 bridgehead atoms. The molecular formula is C13H19Cl2F2N3OS. The van der Waals surface area contributed by atoms with E-state index in [2.05, 4.69) is 16.3 Å². The van der Waals surface area contributed by atoms with Crippen molar-refractivity contribution in [1.82, 2.24) is 10.2 Å². The van der Waals surface area contributed by atoms with Crippen molar-refractivity contribution in [3.05, 3.63) is 17.5 Å². The van der Waals surface area contributed by atoms with Gasteiger partial charge in [0.15, 0.2) is 0 Å². The molecule has 0 aliphatic carbocycles. The molecule has 1 unspecified atom stereocenters. The van der Waals surface area contributed by atoms with Crippen LogP contribution in [0.25, 0.3) is 0 Å². The number of halogens is 4. The zero-order chi connectivity index (χ0) is 14.2. The molecule has 1 aromatic heterocycles. The second-order valence-corrected chi connectivity index (χ2v) is 6.18. The van der Waals surface area contributed by atoms with Crippen LogP contribution in [0.15, 0.2) is 17.5 Å². The number of amides is 1. The van der Waals surface area contributed by atoms with Crippen LogP contribution in [-0.2, 0) is 4.79 Å². The minimum atomic E-state index is -2.75. The molecule has 1 atom stereocenters. The Kier molecular flexibility index (Phi) is 6.85. The fourth-order valence-electron chi connectivity index (χ4n) is 2.71. The highest BCUT2D eigenvalue weighted by atomic mass is 35.5. The first kappa shape index (κ1) is 19.4. The Morgan fingerprint density at radius 2 is 1.95 bits per heavy atom. The molecule has 4 nitrogen and oxygen atoms in total. The Balaban J connectivity index is 0.00000121. The Bertz CT molecular complexity index is 482. The lowest BCUT2D eigenvalue weighted by atomic mass is 10.1. The van der Waals surface area contributed by atoms with E-state index in [1.165, 1.54) is 5.00 Å². The van der Waals surface area contributed by atoms with Crippen LogP contribution < -0.4 is 10.2 Å². The van der Waals surface area contributed by atoms with Crippen LogP contribution in [0.5, 0.6) is 0 Å². The number of alkyl halides is 2. The molecule has 2 aliphatic heterocycles. The van der Waals surface area contributed by atoms with E-state index in [9.17, 15) is 13.6 Å². The number of hydrogen-bond donors (Lipinski definition) is 1. The van der Waals surface area contributed by atoms with Gasteiger partial charge < -0.3 is 9.80 Å². The second-order valence-electron chi connectivity index (χ2n) is 5.26. The lowest BCUT2D eigenvalue weighted by Crippen LogP contribution is -2.53. The standard InChI is InChI=1S/C13H17F2N3OS.2ClH/c14-13(15)8-10(16-9-13)12(19)18-5-3-17(4-6-18)11-2-1-7-20-11;;/h1-2,7,10,16H,3-6,8-9H2;2*1H. The van der Waals surface area contributed by atoms with E-state index in [4.69, 9.17) is 0 Å². The predicted octanol–water partition coefficient (Wildman–Crippen LogP) is 2.24. The summed E-state index contributed by atoms with van der Waals surface area (Å²) in [5.41, 5.74) is 0. The van der Waals surface area contributed by atoms with E-state index in [-0.39, 0.29) is 37.1 Å². The average Bonchev–Trinajstić information content (AvgIpc) is 3.07. The summed E-state index contributed by atoms with van der Waals surface area (Å²) >= 11 is 1.68. The van der Waals surface area contributed by atoms with Crippen molar-refractivity contribution >= 4 is 47.1 Å². The van der Waals surface area contributed by atoms with Crippen LogP contribution >= 0.6 is 36.2 Å². The molecule has 0 saturated carbocycles. The van der Waals surface area contributed by atoms with Crippen molar-refractivity contribution in [1.29, 1.82) is 0 Å². The zero-order valence-electron chi connectivity index (χ0n) is 11.8. The number of thiophene rings is 1. The Labute approximate surface area is 144 Å². The van der Waals surface area contributed by atoms with Crippen molar-refractivity contribution in [3.8, 4) is 0 Å². The Morgan fingerprint density at radius 1 is 1.27 bits per heavy atom.